The number of carbonyl (C=O) groups excluding carboxylic acids is 1. The molecule has 2 aromatic carbocycles. The summed E-state index contributed by atoms with van der Waals surface area (Å²) in [6.45, 7) is 0. The van der Waals surface area contributed by atoms with Crippen LogP contribution in [0.2, 0.25) is 0 Å². The Morgan fingerprint density at radius 2 is 1.05 bits per heavy atom. The van der Waals surface area contributed by atoms with Gasteiger partial charge >= 0.3 is 0 Å². The number of allylic oxidation sites excluding steroid dienone is 2. The molecule has 3 heteroatoms. The van der Waals surface area contributed by atoms with E-state index in [1.807, 2.05) is 0 Å². The molecule has 100 valence electrons. The number of hydrogen-bond acceptors (Lipinski definition) is 3. The summed E-state index contributed by atoms with van der Waals surface area (Å²) in [5.41, 5.74) is 1.68. The standard InChI is InChI=1S/C17H14O3/c18-15-7-1-13(2-8-15)5-11-17(20)12-6-14-3-9-16(19)10-4-14/h1-12,18-19H. The van der Waals surface area contributed by atoms with E-state index in [0.29, 0.717) is 0 Å². The molecule has 0 saturated carbocycles. The van der Waals surface area contributed by atoms with Crippen LogP contribution in [0.15, 0.2) is 60.7 Å². The van der Waals surface area contributed by atoms with Crippen molar-refractivity contribution in [3.63, 3.8) is 0 Å². The van der Waals surface area contributed by atoms with Gasteiger partial charge in [-0.1, -0.05) is 36.4 Å². The zero-order chi connectivity index (χ0) is 14.4. The predicted octanol–water partition coefficient (Wildman–Crippen LogP) is 3.39. The topological polar surface area (TPSA) is 57.5 Å². The van der Waals surface area contributed by atoms with Gasteiger partial charge in [0.25, 0.3) is 0 Å². The molecule has 0 radical (unpaired) electrons. The van der Waals surface area contributed by atoms with E-state index < -0.39 is 0 Å². The van der Waals surface area contributed by atoms with E-state index in [0.717, 1.165) is 11.1 Å². The number of hydrogen-bond donors (Lipinski definition) is 2. The van der Waals surface area contributed by atoms with E-state index >= 15 is 0 Å². The number of carbonyl (C=O) groups is 1. The number of rotatable bonds is 4. The molecule has 0 unspecified atom stereocenters. The molecule has 0 aliphatic carbocycles. The Bertz CT molecular complexity index is 577. The highest BCUT2D eigenvalue weighted by molar-refractivity contribution is 6.04. The molecule has 2 rings (SSSR count). The average molecular weight is 266 g/mol. The highest BCUT2D eigenvalue weighted by Crippen LogP contribution is 2.12. The molecule has 0 saturated heterocycles. The Labute approximate surface area is 117 Å². The van der Waals surface area contributed by atoms with Crippen molar-refractivity contribution in [1.82, 2.24) is 0 Å². The van der Waals surface area contributed by atoms with Gasteiger partial charge in [-0.2, -0.15) is 0 Å². The number of phenolic OH excluding ortho intramolecular Hbond substituents is 2. The minimum absolute atomic E-state index is 0.133. The lowest BCUT2D eigenvalue weighted by atomic mass is 10.1. The lowest BCUT2D eigenvalue weighted by molar-refractivity contribution is -0.110. The van der Waals surface area contributed by atoms with Gasteiger partial charge in [0.2, 0.25) is 0 Å². The van der Waals surface area contributed by atoms with Crippen molar-refractivity contribution in [2.45, 2.75) is 0 Å². The van der Waals surface area contributed by atoms with Crippen LogP contribution >= 0.6 is 0 Å². The fourth-order valence-corrected chi connectivity index (χ4v) is 1.58. The van der Waals surface area contributed by atoms with Gasteiger partial charge in [0.05, 0.1) is 0 Å². The number of phenols is 2. The van der Waals surface area contributed by atoms with Crippen LogP contribution in [0.4, 0.5) is 0 Å². The number of benzene rings is 2. The highest BCUT2D eigenvalue weighted by atomic mass is 16.3. The quantitative estimate of drug-likeness (QED) is 0.834. The fraction of sp³-hybridized carbons (Fsp3) is 0. The molecule has 0 atom stereocenters. The molecule has 0 amide bonds. The first-order valence-corrected chi connectivity index (χ1v) is 6.12. The van der Waals surface area contributed by atoms with Gasteiger partial charge in [-0.25, -0.2) is 0 Å². The summed E-state index contributed by atoms with van der Waals surface area (Å²) in [4.78, 5) is 11.7. The molecule has 2 aromatic rings. The second-order valence-electron chi connectivity index (χ2n) is 4.25. The molecular weight excluding hydrogens is 252 g/mol. The summed E-state index contributed by atoms with van der Waals surface area (Å²) in [7, 11) is 0. The maximum atomic E-state index is 11.7. The first kappa shape index (κ1) is 13.6. The summed E-state index contributed by atoms with van der Waals surface area (Å²) in [6.07, 6.45) is 6.29. The van der Waals surface area contributed by atoms with E-state index in [1.54, 1.807) is 60.7 Å². The molecule has 2 N–H and O–H groups in total. The Morgan fingerprint density at radius 1 is 0.700 bits per heavy atom. The third-order valence-electron chi connectivity index (χ3n) is 2.67. The smallest absolute Gasteiger partial charge is 0.178 e. The van der Waals surface area contributed by atoms with Crippen LogP contribution in [0.1, 0.15) is 11.1 Å². The summed E-state index contributed by atoms with van der Waals surface area (Å²) >= 11 is 0. The zero-order valence-corrected chi connectivity index (χ0v) is 10.7. The normalized spacial score (nSPS) is 11.2. The first-order chi connectivity index (χ1) is 9.63. The van der Waals surface area contributed by atoms with Gasteiger partial charge in [0, 0.05) is 0 Å². The van der Waals surface area contributed by atoms with Crippen LogP contribution in [0.25, 0.3) is 12.2 Å². The summed E-state index contributed by atoms with van der Waals surface area (Å²) in [6, 6.07) is 13.2. The Balaban J connectivity index is 1.98. The Kier molecular flexibility index (Phi) is 4.35. The summed E-state index contributed by atoms with van der Waals surface area (Å²) in [5.74, 6) is 0.257. The highest BCUT2D eigenvalue weighted by Gasteiger charge is 1.93. The van der Waals surface area contributed by atoms with Gasteiger partial charge in [-0.3, -0.25) is 4.79 Å². The Hall–Kier alpha value is -2.81. The van der Waals surface area contributed by atoms with Crippen LogP contribution < -0.4 is 0 Å². The third-order valence-corrected chi connectivity index (χ3v) is 2.67. The van der Waals surface area contributed by atoms with Gasteiger partial charge < -0.3 is 10.2 Å². The van der Waals surface area contributed by atoms with E-state index in [4.69, 9.17) is 10.2 Å². The minimum Gasteiger partial charge on any atom is -0.508 e. The lowest BCUT2D eigenvalue weighted by Crippen LogP contribution is -1.84. The molecule has 20 heavy (non-hydrogen) atoms. The minimum atomic E-state index is -0.133. The average Bonchev–Trinajstić information content (AvgIpc) is 2.46. The Morgan fingerprint density at radius 3 is 1.40 bits per heavy atom. The van der Waals surface area contributed by atoms with E-state index in [2.05, 4.69) is 0 Å². The maximum absolute atomic E-state index is 11.7. The van der Waals surface area contributed by atoms with Crippen LogP contribution in [0, 0.1) is 0 Å². The monoisotopic (exact) mass is 266 g/mol. The van der Waals surface area contributed by atoms with Crippen molar-refractivity contribution < 1.29 is 15.0 Å². The van der Waals surface area contributed by atoms with E-state index in [-0.39, 0.29) is 17.3 Å². The lowest BCUT2D eigenvalue weighted by Gasteiger charge is -1.94. The van der Waals surface area contributed by atoms with Crippen LogP contribution in [-0.4, -0.2) is 16.0 Å². The van der Waals surface area contributed by atoms with E-state index in [9.17, 15) is 4.79 Å². The second-order valence-corrected chi connectivity index (χ2v) is 4.25. The molecular formula is C17H14O3. The van der Waals surface area contributed by atoms with Crippen molar-refractivity contribution in [2.75, 3.05) is 0 Å². The van der Waals surface area contributed by atoms with Crippen molar-refractivity contribution in [3.8, 4) is 11.5 Å². The van der Waals surface area contributed by atoms with Crippen molar-refractivity contribution in [3.05, 3.63) is 71.8 Å². The van der Waals surface area contributed by atoms with Crippen LogP contribution in [0.3, 0.4) is 0 Å². The predicted molar refractivity (Wildman–Crippen MR) is 79.3 cm³/mol. The molecule has 0 fully saturated rings. The largest absolute Gasteiger partial charge is 0.508 e. The molecule has 3 nitrogen and oxygen atoms in total. The molecule has 0 aliphatic rings. The number of aromatic hydroxyl groups is 2. The SMILES string of the molecule is O=C(C=Cc1ccc(O)cc1)C=Cc1ccc(O)cc1. The molecule has 0 bridgehead atoms. The second kappa shape index (κ2) is 6.38. The van der Waals surface area contributed by atoms with Crippen molar-refractivity contribution in [1.29, 1.82) is 0 Å². The molecule has 0 heterocycles. The van der Waals surface area contributed by atoms with E-state index in [1.165, 1.54) is 12.2 Å². The summed E-state index contributed by atoms with van der Waals surface area (Å²) in [5, 5.41) is 18.3. The maximum Gasteiger partial charge on any atom is 0.178 e. The zero-order valence-electron chi connectivity index (χ0n) is 10.7. The van der Waals surface area contributed by atoms with Crippen LogP contribution in [0.5, 0.6) is 11.5 Å². The van der Waals surface area contributed by atoms with Gasteiger partial charge in [-0.15, -0.1) is 0 Å². The number of ketones is 1. The summed E-state index contributed by atoms with van der Waals surface area (Å²) < 4.78 is 0. The molecule has 0 aromatic heterocycles. The van der Waals surface area contributed by atoms with Gasteiger partial charge in [-0.05, 0) is 47.5 Å². The first-order valence-electron chi connectivity index (χ1n) is 6.12. The van der Waals surface area contributed by atoms with Crippen molar-refractivity contribution >= 4 is 17.9 Å². The van der Waals surface area contributed by atoms with Gasteiger partial charge in [0.1, 0.15) is 11.5 Å². The van der Waals surface area contributed by atoms with Gasteiger partial charge in [0.15, 0.2) is 5.78 Å². The fourth-order valence-electron chi connectivity index (χ4n) is 1.58. The third kappa shape index (κ3) is 4.14. The molecule has 0 aliphatic heterocycles. The molecule has 0 spiro atoms. The van der Waals surface area contributed by atoms with Crippen LogP contribution in [-0.2, 0) is 4.79 Å². The van der Waals surface area contributed by atoms with Crippen molar-refractivity contribution in [2.24, 2.45) is 0 Å².